The van der Waals surface area contributed by atoms with Crippen molar-refractivity contribution >= 4 is 21.9 Å². The summed E-state index contributed by atoms with van der Waals surface area (Å²) in [6.07, 6.45) is 64.6. The van der Waals surface area contributed by atoms with Gasteiger partial charge in [-0.3, -0.25) is 0 Å². The molecule has 0 unspecified atom stereocenters. The van der Waals surface area contributed by atoms with Gasteiger partial charge in [0, 0.05) is 5.33 Å². The third kappa shape index (κ3) is 43.8. The normalized spacial score (nSPS) is 11.4. The van der Waals surface area contributed by atoms with Crippen LogP contribution in [0.25, 0.3) is 0 Å². The van der Waals surface area contributed by atoms with E-state index in [4.69, 9.17) is 18.9 Å². The van der Waals surface area contributed by atoms with Crippen LogP contribution in [0, 0.1) is 0 Å². The molecule has 0 aliphatic carbocycles. The van der Waals surface area contributed by atoms with E-state index in [-0.39, 0.29) is 5.97 Å². The second-order valence-corrected chi connectivity index (χ2v) is 21.9. The lowest BCUT2D eigenvalue weighted by molar-refractivity contribution is 0.0530. The second kappa shape index (κ2) is 54.3. The van der Waals surface area contributed by atoms with Crippen LogP contribution in [0.5, 0.6) is 17.2 Å². The van der Waals surface area contributed by atoms with Crippen molar-refractivity contribution < 1.29 is 23.7 Å². The van der Waals surface area contributed by atoms with Crippen LogP contribution >= 0.6 is 15.9 Å². The van der Waals surface area contributed by atoms with E-state index in [1.807, 2.05) is 12.1 Å². The average molecular weight is 1030 g/mol. The number of halogens is 1. The van der Waals surface area contributed by atoms with E-state index < -0.39 is 0 Å². The van der Waals surface area contributed by atoms with Crippen LogP contribution in [0.3, 0.4) is 0 Å². The quantitative estimate of drug-likeness (QED) is 0.0370. The molecule has 406 valence electrons. The zero-order valence-electron chi connectivity index (χ0n) is 46.6. The molecular formula is C63H117BrO5. The topological polar surface area (TPSA) is 54.0 Å². The van der Waals surface area contributed by atoms with Crippen LogP contribution in [-0.4, -0.2) is 37.7 Å². The summed E-state index contributed by atoms with van der Waals surface area (Å²) in [5, 5.41) is 0.602. The summed E-state index contributed by atoms with van der Waals surface area (Å²) >= 11 is 3.41. The van der Waals surface area contributed by atoms with Gasteiger partial charge in [0.15, 0.2) is 11.5 Å². The Morgan fingerprint density at radius 1 is 0.319 bits per heavy atom. The molecule has 1 aromatic rings. The molecule has 69 heavy (non-hydrogen) atoms. The van der Waals surface area contributed by atoms with Crippen molar-refractivity contribution in [2.45, 2.75) is 329 Å². The molecule has 0 spiro atoms. The van der Waals surface area contributed by atoms with Gasteiger partial charge >= 0.3 is 5.97 Å². The van der Waals surface area contributed by atoms with Crippen molar-refractivity contribution in [3.8, 4) is 17.2 Å². The molecule has 0 amide bonds. The van der Waals surface area contributed by atoms with Crippen molar-refractivity contribution in [1.82, 2.24) is 0 Å². The Kier molecular flexibility index (Phi) is 51.7. The van der Waals surface area contributed by atoms with Crippen molar-refractivity contribution in [2.75, 3.05) is 31.8 Å². The van der Waals surface area contributed by atoms with Gasteiger partial charge in [-0.05, 0) is 31.4 Å². The van der Waals surface area contributed by atoms with Gasteiger partial charge in [0.2, 0.25) is 5.75 Å². The predicted molar refractivity (Wildman–Crippen MR) is 306 cm³/mol. The van der Waals surface area contributed by atoms with Gasteiger partial charge in [0.25, 0.3) is 0 Å². The molecule has 1 aromatic carbocycles. The van der Waals surface area contributed by atoms with Gasteiger partial charge in [-0.25, -0.2) is 4.79 Å². The summed E-state index contributed by atoms with van der Waals surface area (Å²) in [6, 6.07) is 3.65. The SMILES string of the molecule is CCCCCCCCCCCCCCCCCCOc1cc(C(=O)OCCBr)cc(OCCCCCCCCCCCCCCCCCC)c1OCCCCCCCCCCCCCCCCCC. The van der Waals surface area contributed by atoms with Crippen LogP contribution in [0.15, 0.2) is 12.1 Å². The lowest BCUT2D eigenvalue weighted by Gasteiger charge is -2.19. The van der Waals surface area contributed by atoms with Gasteiger partial charge in [0.05, 0.1) is 25.4 Å². The molecule has 6 heteroatoms. The van der Waals surface area contributed by atoms with Crippen LogP contribution in [0.1, 0.15) is 339 Å². The minimum absolute atomic E-state index is 0.321. The molecule has 0 fully saturated rings. The first kappa shape index (κ1) is 65.6. The summed E-state index contributed by atoms with van der Waals surface area (Å²) in [4.78, 5) is 13.2. The number of hydrogen-bond donors (Lipinski definition) is 0. The summed E-state index contributed by atoms with van der Waals surface area (Å²) in [5.41, 5.74) is 0.467. The molecule has 0 radical (unpaired) electrons. The number of hydrogen-bond acceptors (Lipinski definition) is 5. The van der Waals surface area contributed by atoms with Crippen molar-refractivity contribution in [3.63, 3.8) is 0 Å². The first-order valence-corrected chi connectivity index (χ1v) is 32.1. The Balaban J connectivity index is 2.59. The van der Waals surface area contributed by atoms with Crippen molar-refractivity contribution in [3.05, 3.63) is 17.7 Å². The number of ether oxygens (including phenoxy) is 4. The van der Waals surface area contributed by atoms with Gasteiger partial charge in [-0.2, -0.15) is 0 Å². The van der Waals surface area contributed by atoms with Crippen LogP contribution < -0.4 is 14.2 Å². The van der Waals surface area contributed by atoms with Gasteiger partial charge in [-0.15, -0.1) is 0 Å². The fraction of sp³-hybridized carbons (Fsp3) is 0.889. The van der Waals surface area contributed by atoms with E-state index in [0.717, 1.165) is 32.1 Å². The second-order valence-electron chi connectivity index (χ2n) is 21.1. The molecule has 0 saturated carbocycles. The minimum Gasteiger partial charge on any atom is -0.490 e. The molecule has 0 N–H and O–H groups in total. The van der Waals surface area contributed by atoms with E-state index in [9.17, 15) is 4.79 Å². The number of unbranched alkanes of at least 4 members (excludes halogenated alkanes) is 45. The van der Waals surface area contributed by atoms with E-state index in [2.05, 4.69) is 36.7 Å². The highest BCUT2D eigenvalue weighted by atomic mass is 79.9. The Bertz CT molecular complexity index is 1130. The lowest BCUT2D eigenvalue weighted by atomic mass is 10.0. The minimum atomic E-state index is -0.349. The van der Waals surface area contributed by atoms with E-state index in [1.165, 1.54) is 276 Å². The van der Waals surface area contributed by atoms with Crippen LogP contribution in [-0.2, 0) is 4.74 Å². The summed E-state index contributed by atoms with van der Waals surface area (Å²) in [6.45, 7) is 9.04. The van der Waals surface area contributed by atoms with Gasteiger partial charge in [0.1, 0.15) is 6.61 Å². The third-order valence-corrected chi connectivity index (χ3v) is 14.6. The molecule has 0 atom stereocenters. The first-order valence-electron chi connectivity index (χ1n) is 31.0. The van der Waals surface area contributed by atoms with E-state index in [1.54, 1.807) is 0 Å². The number of carbonyl (C=O) groups is 1. The van der Waals surface area contributed by atoms with E-state index in [0.29, 0.717) is 54.6 Å². The molecule has 1 rings (SSSR count). The standard InChI is InChI=1S/C63H117BrO5/c1-4-7-10-13-16-19-22-25-28-31-34-37-40-43-46-49-53-66-60-57-59(63(65)69-56-52-64)58-61(67-54-50-47-44-41-38-35-32-29-26-23-20-17-14-11-8-5-2)62(60)68-55-51-48-45-42-39-36-33-30-27-24-21-18-15-12-9-6-3/h57-58H,4-56H2,1-3H3. The smallest absolute Gasteiger partial charge is 0.338 e. The van der Waals surface area contributed by atoms with Crippen LogP contribution in [0.4, 0.5) is 0 Å². The molecule has 0 aliphatic heterocycles. The van der Waals surface area contributed by atoms with Crippen molar-refractivity contribution in [2.24, 2.45) is 0 Å². The number of benzene rings is 1. The largest absolute Gasteiger partial charge is 0.490 e. The molecule has 5 nitrogen and oxygen atoms in total. The Hall–Kier alpha value is -1.43. The van der Waals surface area contributed by atoms with Crippen LogP contribution in [0.2, 0.25) is 0 Å². The Morgan fingerprint density at radius 3 is 0.768 bits per heavy atom. The monoisotopic (exact) mass is 1030 g/mol. The molecule has 0 heterocycles. The molecule has 0 bridgehead atoms. The Labute approximate surface area is 439 Å². The highest BCUT2D eigenvalue weighted by Crippen LogP contribution is 2.40. The van der Waals surface area contributed by atoms with Crippen molar-refractivity contribution in [1.29, 1.82) is 0 Å². The van der Waals surface area contributed by atoms with Gasteiger partial charge in [-0.1, -0.05) is 326 Å². The summed E-state index contributed by atoms with van der Waals surface area (Å²) < 4.78 is 25.1. The maximum Gasteiger partial charge on any atom is 0.338 e. The molecule has 0 saturated heterocycles. The molecular weight excluding hydrogens is 917 g/mol. The highest BCUT2D eigenvalue weighted by molar-refractivity contribution is 9.09. The average Bonchev–Trinajstić information content (AvgIpc) is 3.36. The number of carbonyl (C=O) groups excluding carboxylic acids is 1. The zero-order valence-corrected chi connectivity index (χ0v) is 48.1. The molecule has 0 aromatic heterocycles. The fourth-order valence-corrected chi connectivity index (χ4v) is 9.92. The zero-order chi connectivity index (χ0) is 49.6. The molecule has 0 aliphatic rings. The Morgan fingerprint density at radius 2 is 0.536 bits per heavy atom. The number of rotatable bonds is 57. The summed E-state index contributed by atoms with van der Waals surface area (Å²) in [7, 11) is 0. The maximum absolute atomic E-state index is 13.2. The maximum atomic E-state index is 13.2. The predicted octanol–water partition coefficient (Wildman–Crippen LogP) is 22.2. The number of esters is 1. The fourth-order valence-electron chi connectivity index (χ4n) is 9.75. The highest BCUT2D eigenvalue weighted by Gasteiger charge is 2.20. The third-order valence-electron chi connectivity index (χ3n) is 14.3. The summed E-state index contributed by atoms with van der Waals surface area (Å²) in [5.74, 6) is 1.53. The number of alkyl halides is 1. The first-order chi connectivity index (χ1) is 34.2. The van der Waals surface area contributed by atoms with E-state index >= 15 is 0 Å². The lowest BCUT2D eigenvalue weighted by Crippen LogP contribution is -2.11. The van der Waals surface area contributed by atoms with Gasteiger partial charge < -0.3 is 18.9 Å².